The van der Waals surface area contributed by atoms with Gasteiger partial charge in [0.05, 0.1) is 33.5 Å². The summed E-state index contributed by atoms with van der Waals surface area (Å²) in [5.74, 6) is 0. The second kappa shape index (κ2) is 12.9. The van der Waals surface area contributed by atoms with Gasteiger partial charge < -0.3 is 9.13 Å². The molecule has 6 heteroatoms. The lowest BCUT2D eigenvalue weighted by Crippen LogP contribution is -2.07. The monoisotopic (exact) mass is 780 g/mol. The van der Waals surface area contributed by atoms with Crippen molar-refractivity contribution in [1.82, 2.24) is 9.13 Å². The number of nitriles is 2. The maximum absolute atomic E-state index is 11.0. The van der Waals surface area contributed by atoms with E-state index in [1.165, 1.54) is 73.5 Å². The molecule has 11 rings (SSSR count). The SMILES string of the molecule is C/C=C\c1c(C)n(-c2cc(C#N)c(-n3c4c(c5cc6c(-c7ccccc7C)c(C)sc6cc53)CCC=C4)cc2C#N)c2cc3sc4ccc5ccccc5c4c3cc12. The number of nitrogens with zero attached hydrogens (tertiary/aromatic N) is 4. The molecule has 1 aliphatic carbocycles. The number of allylic oxidation sites excluding steroid dienone is 2. The van der Waals surface area contributed by atoms with Crippen LogP contribution in [0.3, 0.4) is 0 Å². The number of rotatable bonds is 4. The van der Waals surface area contributed by atoms with Gasteiger partial charge in [0, 0.05) is 68.4 Å². The van der Waals surface area contributed by atoms with Crippen LogP contribution in [0.15, 0.2) is 109 Å². The summed E-state index contributed by atoms with van der Waals surface area (Å²) < 4.78 is 8.10. The molecule has 0 amide bonds. The van der Waals surface area contributed by atoms with Crippen molar-refractivity contribution >= 4 is 97.7 Å². The summed E-state index contributed by atoms with van der Waals surface area (Å²) in [6.45, 7) is 8.57. The second-order valence-electron chi connectivity index (χ2n) is 15.4. The third-order valence-electron chi connectivity index (χ3n) is 12.3. The molecule has 0 spiro atoms. The Balaban J connectivity index is 1.16. The van der Waals surface area contributed by atoms with Crippen LogP contribution in [0.5, 0.6) is 0 Å². The van der Waals surface area contributed by atoms with E-state index in [1.807, 2.05) is 30.4 Å². The van der Waals surface area contributed by atoms with Gasteiger partial charge in [0.15, 0.2) is 0 Å². The lowest BCUT2D eigenvalue weighted by Gasteiger charge is -2.17. The molecule has 0 saturated carbocycles. The topological polar surface area (TPSA) is 57.4 Å². The number of fused-ring (bicyclic) bond motifs is 10. The first-order valence-corrected chi connectivity index (χ1v) is 21.4. The number of hydrogen-bond donors (Lipinski definition) is 0. The van der Waals surface area contributed by atoms with Gasteiger partial charge in [-0.05, 0) is 117 Å². The predicted molar refractivity (Wildman–Crippen MR) is 247 cm³/mol. The van der Waals surface area contributed by atoms with Crippen LogP contribution < -0.4 is 0 Å². The summed E-state index contributed by atoms with van der Waals surface area (Å²) in [5, 5.41) is 30.6. The van der Waals surface area contributed by atoms with E-state index >= 15 is 0 Å². The molecule has 58 heavy (non-hydrogen) atoms. The van der Waals surface area contributed by atoms with Crippen molar-refractivity contribution < 1.29 is 0 Å². The van der Waals surface area contributed by atoms with Crippen LogP contribution in [0.4, 0.5) is 0 Å². The maximum atomic E-state index is 11.0. The molecule has 0 unspecified atom stereocenters. The molecule has 0 atom stereocenters. The Morgan fingerprint density at radius 1 is 0.672 bits per heavy atom. The summed E-state index contributed by atoms with van der Waals surface area (Å²) in [6, 6.07) is 40.0. The van der Waals surface area contributed by atoms with Gasteiger partial charge >= 0.3 is 0 Å². The van der Waals surface area contributed by atoms with Crippen molar-refractivity contribution in [3.63, 3.8) is 0 Å². The molecule has 4 aromatic heterocycles. The fourth-order valence-electron chi connectivity index (χ4n) is 9.68. The first-order valence-electron chi connectivity index (χ1n) is 19.7. The summed E-state index contributed by atoms with van der Waals surface area (Å²) in [6.07, 6.45) is 10.6. The van der Waals surface area contributed by atoms with Crippen LogP contribution in [0.1, 0.15) is 57.4 Å². The number of aromatic nitrogens is 2. The van der Waals surface area contributed by atoms with E-state index in [0.717, 1.165) is 51.9 Å². The molecule has 0 fully saturated rings. The first-order chi connectivity index (χ1) is 28.4. The van der Waals surface area contributed by atoms with Crippen molar-refractivity contribution in [2.45, 2.75) is 40.5 Å². The fraction of sp³-hybridized carbons (Fsp3) is 0.115. The van der Waals surface area contributed by atoms with Crippen LogP contribution in [-0.4, -0.2) is 9.13 Å². The quantitative estimate of drug-likeness (QED) is 0.179. The molecular weight excluding hydrogens is 745 g/mol. The Bertz CT molecular complexity index is 3580. The van der Waals surface area contributed by atoms with Gasteiger partial charge in [0.1, 0.15) is 12.1 Å². The fourth-order valence-corrected chi connectivity index (χ4v) is 11.9. The summed E-state index contributed by atoms with van der Waals surface area (Å²) in [4.78, 5) is 1.29. The van der Waals surface area contributed by atoms with Crippen molar-refractivity contribution in [1.29, 1.82) is 10.5 Å². The predicted octanol–water partition coefficient (Wildman–Crippen LogP) is 14.6. The Kier molecular flexibility index (Phi) is 7.69. The molecule has 0 aliphatic heterocycles. The van der Waals surface area contributed by atoms with Gasteiger partial charge in [0.25, 0.3) is 0 Å². The number of thiophene rings is 2. The Hall–Kier alpha value is -6.70. The van der Waals surface area contributed by atoms with Gasteiger partial charge in [-0.3, -0.25) is 0 Å². The third kappa shape index (κ3) is 4.83. The van der Waals surface area contributed by atoms with Crippen molar-refractivity contribution in [3.8, 4) is 34.6 Å². The van der Waals surface area contributed by atoms with Crippen LogP contribution in [0, 0.1) is 43.4 Å². The molecule has 0 bridgehead atoms. The Morgan fingerprint density at radius 3 is 2.16 bits per heavy atom. The highest BCUT2D eigenvalue weighted by Gasteiger charge is 2.26. The standard InChI is InChI=1S/C52H36N4S2/c1-5-12-36-30(3)55(46-25-50-42(23-39(36)46)52-37-16-9-7-14-32(37)19-20-48(52)58-50)44-21-34(28-54)45(22-33(44)27-53)56-43-18-11-10-17-38(43)40-24-41-49(26-47(40)56)57-31(4)51(41)35-15-8-6-13-29(35)2/h5-9,11-16,18-26H,10,17H2,1-4H3/b12-5-. The third-order valence-corrected chi connectivity index (χ3v) is 14.4. The number of aryl methyl sites for hydroxylation is 3. The van der Waals surface area contributed by atoms with Crippen molar-refractivity contribution in [3.05, 3.63) is 153 Å². The zero-order valence-electron chi connectivity index (χ0n) is 32.6. The summed E-state index contributed by atoms with van der Waals surface area (Å²) in [7, 11) is 0. The van der Waals surface area contributed by atoms with Crippen LogP contribution in [0.2, 0.25) is 0 Å². The van der Waals surface area contributed by atoms with Gasteiger partial charge in [-0.25, -0.2) is 0 Å². The number of benzene rings is 6. The highest BCUT2D eigenvalue weighted by atomic mass is 32.1. The van der Waals surface area contributed by atoms with Crippen molar-refractivity contribution in [2.24, 2.45) is 0 Å². The first kappa shape index (κ1) is 34.5. The van der Waals surface area contributed by atoms with Gasteiger partial charge in [-0.2, -0.15) is 10.5 Å². The smallest absolute Gasteiger partial charge is 0.101 e. The molecule has 1 aliphatic rings. The van der Waals surface area contributed by atoms with Crippen LogP contribution in [0.25, 0.3) is 97.5 Å². The minimum Gasteiger partial charge on any atom is -0.312 e. The summed E-state index contributed by atoms with van der Waals surface area (Å²) in [5.41, 5.74) is 12.9. The lowest BCUT2D eigenvalue weighted by molar-refractivity contribution is 0.964. The largest absolute Gasteiger partial charge is 0.312 e. The molecule has 0 saturated heterocycles. The average molecular weight is 781 g/mol. The maximum Gasteiger partial charge on any atom is 0.101 e. The van der Waals surface area contributed by atoms with Crippen LogP contribution >= 0.6 is 22.7 Å². The molecule has 0 N–H and O–H groups in total. The van der Waals surface area contributed by atoms with E-state index in [9.17, 15) is 10.5 Å². The average Bonchev–Trinajstić information content (AvgIpc) is 3.95. The molecule has 0 radical (unpaired) electrons. The molecular formula is C52H36N4S2. The number of hydrogen-bond acceptors (Lipinski definition) is 4. The van der Waals surface area contributed by atoms with Crippen molar-refractivity contribution in [2.75, 3.05) is 0 Å². The second-order valence-corrected chi connectivity index (χ2v) is 17.8. The molecule has 276 valence electrons. The highest BCUT2D eigenvalue weighted by molar-refractivity contribution is 7.26. The summed E-state index contributed by atoms with van der Waals surface area (Å²) >= 11 is 3.62. The van der Waals surface area contributed by atoms with E-state index in [0.29, 0.717) is 16.8 Å². The molecule has 10 aromatic rings. The molecule has 6 aromatic carbocycles. The Labute approximate surface area is 344 Å². The zero-order chi connectivity index (χ0) is 39.4. The van der Waals surface area contributed by atoms with E-state index in [1.54, 1.807) is 11.3 Å². The highest BCUT2D eigenvalue weighted by Crippen LogP contribution is 2.46. The van der Waals surface area contributed by atoms with Crippen LogP contribution in [-0.2, 0) is 6.42 Å². The van der Waals surface area contributed by atoms with Gasteiger partial charge in [-0.15, -0.1) is 22.7 Å². The van der Waals surface area contributed by atoms with E-state index in [-0.39, 0.29) is 0 Å². The van der Waals surface area contributed by atoms with Gasteiger partial charge in [-0.1, -0.05) is 72.8 Å². The minimum absolute atomic E-state index is 0.522. The van der Waals surface area contributed by atoms with E-state index < -0.39 is 0 Å². The molecule has 4 heterocycles. The van der Waals surface area contributed by atoms with E-state index in [4.69, 9.17) is 0 Å². The van der Waals surface area contributed by atoms with Gasteiger partial charge in [0.2, 0.25) is 0 Å². The minimum atomic E-state index is 0.522. The zero-order valence-corrected chi connectivity index (χ0v) is 34.2. The Morgan fingerprint density at radius 2 is 1.38 bits per heavy atom. The normalized spacial score (nSPS) is 12.9. The molecule has 4 nitrogen and oxygen atoms in total. The van der Waals surface area contributed by atoms with E-state index in [2.05, 4.69) is 151 Å². The lowest BCUT2D eigenvalue weighted by atomic mass is 9.96.